The topological polar surface area (TPSA) is 80.7 Å². The van der Waals surface area contributed by atoms with E-state index in [1.54, 1.807) is 6.92 Å². The molecule has 0 bridgehead atoms. The van der Waals surface area contributed by atoms with Crippen LogP contribution in [0.25, 0.3) is 0 Å². The summed E-state index contributed by atoms with van der Waals surface area (Å²) in [5, 5.41) is 7.89. The van der Waals surface area contributed by atoms with E-state index >= 15 is 0 Å². The Hall–Kier alpha value is -1.91. The van der Waals surface area contributed by atoms with Gasteiger partial charge in [-0.05, 0) is 26.7 Å². The number of ether oxygens (including phenoxy) is 1. The molecule has 19 heavy (non-hydrogen) atoms. The number of carboxylic acid groups (broad SMARTS) is 1. The summed E-state index contributed by atoms with van der Waals surface area (Å²) in [5.41, 5.74) is 0.563. The second kappa shape index (κ2) is 8.24. The number of carbonyl (C=O) groups excluding carboxylic acids is 2. The van der Waals surface area contributed by atoms with Gasteiger partial charge in [0.15, 0.2) is 0 Å². The van der Waals surface area contributed by atoms with Crippen molar-refractivity contribution in [2.45, 2.75) is 45.6 Å². The number of carbonyl (C=O) groups is 3. The maximum atomic E-state index is 11.1. The Kier molecular flexibility index (Phi) is 7.41. The number of rotatable bonds is 3. The van der Waals surface area contributed by atoms with Crippen LogP contribution in [0.15, 0.2) is 24.3 Å². The van der Waals surface area contributed by atoms with Gasteiger partial charge in [0.2, 0.25) is 0 Å². The van der Waals surface area contributed by atoms with Gasteiger partial charge in [-0.25, -0.2) is 9.59 Å². The fraction of sp³-hybridized carbons (Fsp3) is 0.500. The summed E-state index contributed by atoms with van der Waals surface area (Å²) < 4.78 is 5.06. The van der Waals surface area contributed by atoms with Gasteiger partial charge >= 0.3 is 11.9 Å². The summed E-state index contributed by atoms with van der Waals surface area (Å²) in [6.45, 7) is 9.69. The van der Waals surface area contributed by atoms with E-state index in [-0.39, 0.29) is 23.4 Å². The Labute approximate surface area is 112 Å². The average Bonchev–Trinajstić information content (AvgIpc) is 2.29. The number of aliphatic carboxylic acids is 1. The van der Waals surface area contributed by atoms with E-state index in [0.29, 0.717) is 18.4 Å². The lowest BCUT2D eigenvalue weighted by Crippen LogP contribution is -2.25. The summed E-state index contributed by atoms with van der Waals surface area (Å²) in [4.78, 5) is 31.7. The molecule has 1 rings (SSSR count). The van der Waals surface area contributed by atoms with Crippen LogP contribution < -0.4 is 0 Å². The van der Waals surface area contributed by atoms with Crippen molar-refractivity contribution in [3.63, 3.8) is 0 Å². The second-order valence-corrected chi connectivity index (χ2v) is 4.53. The van der Waals surface area contributed by atoms with E-state index in [1.165, 1.54) is 6.92 Å². The van der Waals surface area contributed by atoms with E-state index in [9.17, 15) is 14.4 Å². The van der Waals surface area contributed by atoms with Gasteiger partial charge in [0, 0.05) is 24.0 Å². The molecule has 0 heterocycles. The predicted molar refractivity (Wildman–Crippen MR) is 70.6 cm³/mol. The first-order valence-electron chi connectivity index (χ1n) is 6.01. The molecule has 1 aliphatic rings. The van der Waals surface area contributed by atoms with Crippen LogP contribution in [-0.4, -0.2) is 28.9 Å². The smallest absolute Gasteiger partial charge is 0.333 e. The van der Waals surface area contributed by atoms with Gasteiger partial charge in [-0.15, -0.1) is 0 Å². The maximum absolute atomic E-state index is 11.1. The molecule has 0 amide bonds. The molecular weight excluding hydrogens is 248 g/mol. The molecule has 106 valence electrons. The largest absolute Gasteiger partial charge is 0.478 e. The second-order valence-electron chi connectivity index (χ2n) is 4.53. The highest BCUT2D eigenvalue weighted by Crippen LogP contribution is 2.18. The van der Waals surface area contributed by atoms with E-state index in [4.69, 9.17) is 9.84 Å². The van der Waals surface area contributed by atoms with Gasteiger partial charge in [0.25, 0.3) is 0 Å². The number of esters is 1. The molecule has 1 N–H and O–H groups in total. The zero-order chi connectivity index (χ0) is 15.0. The van der Waals surface area contributed by atoms with Gasteiger partial charge < -0.3 is 9.84 Å². The van der Waals surface area contributed by atoms with Crippen molar-refractivity contribution in [2.24, 2.45) is 0 Å². The SMILES string of the molecule is C=C(C)C(=O)O.C=C(C)C(=O)OC1CCCC(=O)C1. The van der Waals surface area contributed by atoms with Crippen molar-refractivity contribution in [3.8, 4) is 0 Å². The summed E-state index contributed by atoms with van der Waals surface area (Å²) in [6.07, 6.45) is 2.41. The van der Waals surface area contributed by atoms with Crippen LogP contribution in [0.4, 0.5) is 0 Å². The minimum Gasteiger partial charge on any atom is -0.478 e. The Morgan fingerprint density at radius 3 is 2.16 bits per heavy atom. The fourth-order valence-electron chi connectivity index (χ4n) is 1.34. The first kappa shape index (κ1) is 17.1. The molecule has 1 aliphatic carbocycles. The summed E-state index contributed by atoms with van der Waals surface area (Å²) >= 11 is 0. The molecule has 0 radical (unpaired) electrons. The highest BCUT2D eigenvalue weighted by atomic mass is 16.5. The minimum absolute atomic E-state index is 0.176. The molecule has 0 aromatic carbocycles. The molecule has 0 aliphatic heterocycles. The molecule has 0 aromatic heterocycles. The van der Waals surface area contributed by atoms with Gasteiger partial charge in [0.1, 0.15) is 11.9 Å². The van der Waals surface area contributed by atoms with Crippen LogP contribution in [0, 0.1) is 0 Å². The molecule has 0 saturated heterocycles. The third kappa shape index (κ3) is 7.91. The zero-order valence-corrected chi connectivity index (χ0v) is 11.4. The van der Waals surface area contributed by atoms with Crippen LogP contribution in [0.3, 0.4) is 0 Å². The molecule has 5 heteroatoms. The number of ketones is 1. The summed E-state index contributed by atoms with van der Waals surface area (Å²) in [5.74, 6) is -1.14. The Bertz CT molecular complexity index is 383. The molecule has 1 atom stereocenters. The van der Waals surface area contributed by atoms with Gasteiger partial charge in [-0.3, -0.25) is 4.79 Å². The third-order valence-electron chi connectivity index (χ3n) is 2.42. The van der Waals surface area contributed by atoms with Crippen LogP contribution in [0.5, 0.6) is 0 Å². The predicted octanol–water partition coefficient (Wildman–Crippen LogP) is 2.26. The minimum atomic E-state index is -0.935. The number of hydrogen-bond acceptors (Lipinski definition) is 4. The molecule has 1 fully saturated rings. The highest BCUT2D eigenvalue weighted by Gasteiger charge is 2.22. The van der Waals surface area contributed by atoms with Gasteiger partial charge in [-0.2, -0.15) is 0 Å². The lowest BCUT2D eigenvalue weighted by atomic mass is 9.96. The van der Waals surface area contributed by atoms with Crippen molar-refractivity contribution in [1.29, 1.82) is 0 Å². The van der Waals surface area contributed by atoms with Crippen LogP contribution in [0.2, 0.25) is 0 Å². The lowest BCUT2D eigenvalue weighted by molar-refractivity contribution is -0.147. The monoisotopic (exact) mass is 268 g/mol. The Morgan fingerprint density at radius 1 is 1.26 bits per heavy atom. The Morgan fingerprint density at radius 2 is 1.79 bits per heavy atom. The van der Waals surface area contributed by atoms with E-state index in [2.05, 4.69) is 13.2 Å². The van der Waals surface area contributed by atoms with Crippen LogP contribution in [-0.2, 0) is 19.1 Å². The standard InChI is InChI=1S/C10H14O3.C4H6O2/c1-7(2)10(12)13-9-5-3-4-8(11)6-9;1-3(2)4(5)6/h9H,1,3-6H2,2H3;1H2,2H3,(H,5,6). The van der Waals surface area contributed by atoms with Crippen LogP contribution >= 0.6 is 0 Å². The first-order valence-corrected chi connectivity index (χ1v) is 6.01. The van der Waals surface area contributed by atoms with Crippen molar-refractivity contribution in [3.05, 3.63) is 24.3 Å². The van der Waals surface area contributed by atoms with Crippen LogP contribution in [0.1, 0.15) is 39.5 Å². The normalized spacial score (nSPS) is 17.8. The molecular formula is C14H20O5. The highest BCUT2D eigenvalue weighted by molar-refractivity contribution is 5.87. The van der Waals surface area contributed by atoms with E-state index in [1.807, 2.05) is 0 Å². The van der Waals surface area contributed by atoms with Gasteiger partial charge in [-0.1, -0.05) is 13.2 Å². The van der Waals surface area contributed by atoms with E-state index < -0.39 is 5.97 Å². The van der Waals surface area contributed by atoms with E-state index in [0.717, 1.165) is 12.8 Å². The Balaban J connectivity index is 0.000000459. The maximum Gasteiger partial charge on any atom is 0.333 e. The average molecular weight is 268 g/mol. The molecule has 5 nitrogen and oxygen atoms in total. The fourth-order valence-corrected chi connectivity index (χ4v) is 1.34. The summed E-state index contributed by atoms with van der Waals surface area (Å²) in [6, 6.07) is 0. The van der Waals surface area contributed by atoms with Gasteiger partial charge in [0.05, 0.1) is 0 Å². The first-order chi connectivity index (χ1) is 8.73. The van der Waals surface area contributed by atoms with Crippen molar-refractivity contribution >= 4 is 17.7 Å². The van der Waals surface area contributed by atoms with Crippen molar-refractivity contribution in [2.75, 3.05) is 0 Å². The third-order valence-corrected chi connectivity index (χ3v) is 2.42. The number of hydrogen-bond donors (Lipinski definition) is 1. The molecule has 1 unspecified atom stereocenters. The molecule has 0 spiro atoms. The quantitative estimate of drug-likeness (QED) is 0.627. The number of Topliss-reactive ketones (excluding diaryl/α,β-unsaturated/α-hetero) is 1. The summed E-state index contributed by atoms with van der Waals surface area (Å²) in [7, 11) is 0. The van der Waals surface area contributed by atoms with Crippen molar-refractivity contribution in [1.82, 2.24) is 0 Å². The molecule has 1 saturated carbocycles. The number of carboxylic acids is 1. The zero-order valence-electron chi connectivity index (χ0n) is 11.4. The molecule has 0 aromatic rings. The lowest BCUT2D eigenvalue weighted by Gasteiger charge is -2.20. The van der Waals surface area contributed by atoms with Crippen molar-refractivity contribution < 1.29 is 24.2 Å².